The van der Waals surface area contributed by atoms with E-state index in [9.17, 15) is 39.5 Å². The third-order valence-electron chi connectivity index (χ3n) is 3.79. The number of alkyl halides is 9. The summed E-state index contributed by atoms with van der Waals surface area (Å²) in [7, 11) is 0. The average Bonchev–Trinajstić information content (AvgIpc) is 2.46. The maximum atomic E-state index is 12.7. The molecule has 2 rings (SSSR count). The van der Waals surface area contributed by atoms with E-state index in [2.05, 4.69) is 15.3 Å². The molecule has 0 unspecified atom stereocenters. The zero-order chi connectivity index (χ0) is 19.8. The van der Waals surface area contributed by atoms with E-state index in [4.69, 9.17) is 0 Å². The molecule has 0 atom stereocenters. The van der Waals surface area contributed by atoms with Gasteiger partial charge in [-0.05, 0) is 18.9 Å². The van der Waals surface area contributed by atoms with Crippen molar-refractivity contribution < 1.29 is 39.5 Å². The van der Waals surface area contributed by atoms with Crippen LogP contribution in [0, 0.1) is 0 Å². The molecule has 1 aromatic heterocycles. The van der Waals surface area contributed by atoms with Gasteiger partial charge in [0.1, 0.15) is 5.69 Å². The molecule has 13 heteroatoms. The highest BCUT2D eigenvalue weighted by Crippen LogP contribution is 2.38. The lowest BCUT2D eigenvalue weighted by atomic mass is 10.0. The van der Waals surface area contributed by atoms with Crippen LogP contribution in [0.1, 0.15) is 18.5 Å². The molecule has 2 heterocycles. The van der Waals surface area contributed by atoms with Crippen molar-refractivity contribution in [2.45, 2.75) is 43.5 Å². The van der Waals surface area contributed by atoms with Crippen molar-refractivity contribution in [3.05, 3.63) is 18.0 Å². The lowest BCUT2D eigenvalue weighted by Crippen LogP contribution is -2.57. The minimum Gasteiger partial charge on any atom is -0.351 e. The molecule has 0 bridgehead atoms. The van der Waals surface area contributed by atoms with Crippen molar-refractivity contribution >= 4 is 5.95 Å². The van der Waals surface area contributed by atoms with Crippen LogP contribution in [0.25, 0.3) is 0 Å². The van der Waals surface area contributed by atoms with Crippen LogP contribution in [0.4, 0.5) is 45.5 Å². The quantitative estimate of drug-likeness (QED) is 0.788. The standard InChI is InChI=1S/C13H13F9N4/c14-11(15,16)8-1-4-23-10(25-8)24-7-2-5-26(6-3-7)9(12(17,18)19)13(20,21)22/h1,4,7,9H,2-3,5-6H2,(H,23,24,25). The molecule has 1 fully saturated rings. The lowest BCUT2D eigenvalue weighted by molar-refractivity contribution is -0.288. The average molecular weight is 396 g/mol. The fourth-order valence-corrected chi connectivity index (χ4v) is 2.67. The van der Waals surface area contributed by atoms with Crippen LogP contribution >= 0.6 is 0 Å². The first-order valence-electron chi connectivity index (χ1n) is 7.33. The van der Waals surface area contributed by atoms with E-state index in [0.717, 1.165) is 6.20 Å². The Balaban J connectivity index is 2.01. The second kappa shape index (κ2) is 7.08. The molecule has 0 spiro atoms. The highest BCUT2D eigenvalue weighted by molar-refractivity contribution is 5.27. The molecule has 1 saturated heterocycles. The normalized spacial score (nSPS) is 18.4. The molecule has 0 radical (unpaired) electrons. The SMILES string of the molecule is FC(F)(F)c1ccnc(NC2CCN(C(C(F)(F)F)C(F)(F)F)CC2)n1. The predicted octanol–water partition coefficient (Wildman–Crippen LogP) is 3.86. The van der Waals surface area contributed by atoms with Gasteiger partial charge in [-0.15, -0.1) is 0 Å². The fourth-order valence-electron chi connectivity index (χ4n) is 2.67. The minimum absolute atomic E-state index is 0.137. The predicted molar refractivity (Wildman–Crippen MR) is 71.1 cm³/mol. The van der Waals surface area contributed by atoms with Crippen LogP contribution in [0.2, 0.25) is 0 Å². The molecule has 1 aromatic rings. The van der Waals surface area contributed by atoms with Gasteiger partial charge in [-0.2, -0.15) is 39.5 Å². The summed E-state index contributed by atoms with van der Waals surface area (Å²) in [5.41, 5.74) is -1.21. The van der Waals surface area contributed by atoms with E-state index >= 15 is 0 Å². The van der Waals surface area contributed by atoms with E-state index < -0.39 is 49.4 Å². The summed E-state index contributed by atoms with van der Waals surface area (Å²) < 4.78 is 114. The summed E-state index contributed by atoms with van der Waals surface area (Å²) >= 11 is 0. The van der Waals surface area contributed by atoms with Crippen molar-refractivity contribution in [1.29, 1.82) is 0 Å². The molecule has 1 aliphatic rings. The summed E-state index contributed by atoms with van der Waals surface area (Å²) in [4.78, 5) is 7.10. The van der Waals surface area contributed by atoms with Gasteiger partial charge in [0.25, 0.3) is 0 Å². The summed E-state index contributed by atoms with van der Waals surface area (Å²) in [6.45, 7) is -1.05. The minimum atomic E-state index is -5.47. The molecule has 0 saturated carbocycles. The zero-order valence-electron chi connectivity index (χ0n) is 12.9. The molecule has 0 amide bonds. The number of likely N-dealkylation sites (tertiary alicyclic amines) is 1. The van der Waals surface area contributed by atoms with Gasteiger partial charge in [0, 0.05) is 25.3 Å². The number of anilines is 1. The molecule has 4 nitrogen and oxygen atoms in total. The van der Waals surface area contributed by atoms with E-state index in [1.165, 1.54) is 0 Å². The molecule has 1 N–H and O–H groups in total. The van der Waals surface area contributed by atoms with Crippen LogP contribution in [0.3, 0.4) is 0 Å². The Morgan fingerprint density at radius 2 is 1.50 bits per heavy atom. The monoisotopic (exact) mass is 396 g/mol. The molecule has 0 aromatic carbocycles. The van der Waals surface area contributed by atoms with Gasteiger partial charge in [-0.1, -0.05) is 0 Å². The Kier molecular flexibility index (Phi) is 5.59. The smallest absolute Gasteiger partial charge is 0.351 e. The fraction of sp³-hybridized carbons (Fsp3) is 0.692. The van der Waals surface area contributed by atoms with Gasteiger partial charge in [0.05, 0.1) is 0 Å². The second-order valence-corrected chi connectivity index (χ2v) is 5.70. The Morgan fingerprint density at radius 3 is 1.96 bits per heavy atom. The first-order valence-corrected chi connectivity index (χ1v) is 7.33. The molecular formula is C13H13F9N4. The number of halogens is 9. The van der Waals surface area contributed by atoms with Gasteiger partial charge in [0.2, 0.25) is 12.0 Å². The second-order valence-electron chi connectivity index (χ2n) is 5.70. The first-order chi connectivity index (χ1) is 11.8. The van der Waals surface area contributed by atoms with E-state index in [1.54, 1.807) is 0 Å². The number of hydrogen-bond acceptors (Lipinski definition) is 4. The Morgan fingerprint density at radius 1 is 0.962 bits per heavy atom. The van der Waals surface area contributed by atoms with E-state index in [1.807, 2.05) is 0 Å². The Hall–Kier alpha value is -1.79. The van der Waals surface area contributed by atoms with Crippen molar-refractivity contribution in [3.8, 4) is 0 Å². The summed E-state index contributed by atoms with van der Waals surface area (Å²) in [6, 6.07) is -3.57. The number of piperidine rings is 1. The topological polar surface area (TPSA) is 41.1 Å². The number of hydrogen-bond donors (Lipinski definition) is 1. The molecular weight excluding hydrogens is 383 g/mol. The van der Waals surface area contributed by atoms with Gasteiger partial charge in [0.15, 0.2) is 0 Å². The third-order valence-corrected chi connectivity index (χ3v) is 3.79. The highest BCUT2D eigenvalue weighted by Gasteiger charge is 2.59. The van der Waals surface area contributed by atoms with Crippen LogP contribution in [0.5, 0.6) is 0 Å². The Labute approximate surface area is 141 Å². The summed E-state index contributed by atoms with van der Waals surface area (Å²) in [5, 5.41) is 2.52. The molecule has 148 valence electrons. The van der Waals surface area contributed by atoms with E-state index in [-0.39, 0.29) is 23.7 Å². The maximum absolute atomic E-state index is 12.7. The van der Waals surface area contributed by atoms with Gasteiger partial charge in [-0.25, -0.2) is 9.97 Å². The van der Waals surface area contributed by atoms with Crippen LogP contribution in [-0.4, -0.2) is 52.4 Å². The van der Waals surface area contributed by atoms with Crippen molar-refractivity contribution in [2.75, 3.05) is 18.4 Å². The van der Waals surface area contributed by atoms with Crippen LogP contribution in [0.15, 0.2) is 12.3 Å². The zero-order valence-corrected chi connectivity index (χ0v) is 12.9. The number of aromatic nitrogens is 2. The van der Waals surface area contributed by atoms with E-state index in [0.29, 0.717) is 6.07 Å². The summed E-state index contributed by atoms with van der Waals surface area (Å²) in [5.74, 6) is -0.388. The van der Waals surface area contributed by atoms with Crippen LogP contribution < -0.4 is 5.32 Å². The molecule has 26 heavy (non-hydrogen) atoms. The van der Waals surface area contributed by atoms with Crippen molar-refractivity contribution in [3.63, 3.8) is 0 Å². The first kappa shape index (κ1) is 20.5. The van der Waals surface area contributed by atoms with Crippen molar-refractivity contribution in [2.24, 2.45) is 0 Å². The third kappa shape index (κ3) is 5.11. The van der Waals surface area contributed by atoms with Crippen molar-refractivity contribution in [1.82, 2.24) is 14.9 Å². The summed E-state index contributed by atoms with van der Waals surface area (Å²) in [6.07, 6.45) is -15.1. The number of nitrogens with zero attached hydrogens (tertiary/aromatic N) is 3. The highest BCUT2D eigenvalue weighted by atomic mass is 19.4. The molecule has 1 aliphatic heterocycles. The van der Waals surface area contributed by atoms with Gasteiger partial charge in [-0.3, -0.25) is 4.90 Å². The number of rotatable bonds is 3. The maximum Gasteiger partial charge on any atom is 0.433 e. The Bertz CT molecular complexity index is 589. The largest absolute Gasteiger partial charge is 0.433 e. The van der Waals surface area contributed by atoms with Gasteiger partial charge < -0.3 is 5.32 Å². The number of nitrogens with one attached hydrogen (secondary N) is 1. The van der Waals surface area contributed by atoms with Gasteiger partial charge >= 0.3 is 18.5 Å². The lowest BCUT2D eigenvalue weighted by Gasteiger charge is -2.39. The molecule has 0 aliphatic carbocycles. The van der Waals surface area contributed by atoms with Crippen LogP contribution in [-0.2, 0) is 6.18 Å².